The quantitative estimate of drug-likeness (QED) is 0.501. The maximum atomic E-state index is 13.1. The van der Waals surface area contributed by atoms with Crippen molar-refractivity contribution in [2.45, 2.75) is 65.2 Å². The zero-order valence-electron chi connectivity index (χ0n) is 24.6. The highest BCUT2D eigenvalue weighted by Gasteiger charge is 2.36. The van der Waals surface area contributed by atoms with Crippen molar-refractivity contribution in [3.05, 3.63) is 35.0 Å². The first-order valence-corrected chi connectivity index (χ1v) is 12.9. The lowest BCUT2D eigenvalue weighted by atomic mass is 10.1. The van der Waals surface area contributed by atoms with Crippen molar-refractivity contribution in [3.63, 3.8) is 0 Å². The van der Waals surface area contributed by atoms with Crippen LogP contribution in [0, 0.1) is 23.2 Å². The number of aromatic nitrogens is 2. The lowest BCUT2D eigenvalue weighted by molar-refractivity contribution is 0.0287. The molecule has 11 nitrogen and oxygen atoms in total. The number of anilines is 1. The van der Waals surface area contributed by atoms with Crippen LogP contribution in [0.15, 0.2) is 18.2 Å². The Balaban J connectivity index is 2.07. The Morgan fingerprint density at radius 2 is 1.60 bits per heavy atom. The molecule has 2 amide bonds. The summed E-state index contributed by atoms with van der Waals surface area (Å²) in [5.41, 5.74) is -0.494. The normalized spacial score (nSPS) is 15.0. The number of benzene rings is 1. The minimum Gasteiger partial charge on any atom is -0.497 e. The maximum absolute atomic E-state index is 13.1. The van der Waals surface area contributed by atoms with E-state index in [2.05, 4.69) is 23.0 Å². The molecule has 0 saturated carbocycles. The first-order valence-electron chi connectivity index (χ1n) is 12.9. The molecule has 1 fully saturated rings. The lowest BCUT2D eigenvalue weighted by Crippen LogP contribution is -2.37. The third-order valence-corrected chi connectivity index (χ3v) is 5.82. The van der Waals surface area contributed by atoms with Gasteiger partial charge in [0.05, 0.1) is 20.3 Å². The summed E-state index contributed by atoms with van der Waals surface area (Å²) in [7, 11) is 4.61. The van der Waals surface area contributed by atoms with Crippen LogP contribution in [0.1, 0.15) is 70.8 Å². The molecule has 2 heterocycles. The predicted molar refractivity (Wildman–Crippen MR) is 149 cm³/mol. The van der Waals surface area contributed by atoms with E-state index in [0.29, 0.717) is 30.0 Å². The molecule has 40 heavy (non-hydrogen) atoms. The van der Waals surface area contributed by atoms with Gasteiger partial charge in [0.25, 0.3) is 0 Å². The van der Waals surface area contributed by atoms with E-state index in [9.17, 15) is 14.9 Å². The van der Waals surface area contributed by atoms with Gasteiger partial charge in [0.1, 0.15) is 34.3 Å². The van der Waals surface area contributed by atoms with Gasteiger partial charge < -0.3 is 23.8 Å². The largest absolute Gasteiger partial charge is 0.497 e. The lowest BCUT2D eigenvalue weighted by Gasteiger charge is -2.26. The average molecular weight is 552 g/mol. The van der Waals surface area contributed by atoms with Gasteiger partial charge in [0.15, 0.2) is 11.5 Å². The van der Waals surface area contributed by atoms with E-state index in [1.165, 1.54) is 11.9 Å². The van der Waals surface area contributed by atoms with Crippen molar-refractivity contribution in [1.29, 1.82) is 5.26 Å². The molecule has 11 heteroatoms. The number of likely N-dealkylation sites (tertiary alicyclic amines) is 1. The number of rotatable bonds is 4. The number of carbonyl (C=O) groups excluding carboxylic acids is 2. The van der Waals surface area contributed by atoms with E-state index < -0.39 is 23.4 Å². The predicted octanol–water partition coefficient (Wildman–Crippen LogP) is 4.72. The zero-order valence-corrected chi connectivity index (χ0v) is 24.6. The monoisotopic (exact) mass is 551 g/mol. The molecule has 1 aliphatic heterocycles. The first kappa shape index (κ1) is 30.2. The van der Waals surface area contributed by atoms with E-state index in [-0.39, 0.29) is 29.7 Å². The third-order valence-electron chi connectivity index (χ3n) is 5.82. The summed E-state index contributed by atoms with van der Waals surface area (Å²) in [5.74, 6) is 7.36. The molecular weight excluding hydrogens is 514 g/mol. The van der Waals surface area contributed by atoms with Gasteiger partial charge in [-0.15, -0.1) is 0 Å². The highest BCUT2D eigenvalue weighted by Crippen LogP contribution is 2.32. The van der Waals surface area contributed by atoms with Gasteiger partial charge >= 0.3 is 12.2 Å². The molecule has 1 aromatic carbocycles. The molecule has 0 aliphatic carbocycles. The van der Waals surface area contributed by atoms with E-state index >= 15 is 0 Å². The molecule has 3 rings (SSSR count). The topological polar surface area (TPSA) is 119 Å². The van der Waals surface area contributed by atoms with E-state index in [4.69, 9.17) is 18.9 Å². The Hall–Kier alpha value is -4.38. The zero-order chi connectivity index (χ0) is 29.8. The molecule has 214 valence electrons. The Morgan fingerprint density at radius 3 is 2.12 bits per heavy atom. The Bertz CT molecular complexity index is 1340. The highest BCUT2D eigenvalue weighted by molar-refractivity contribution is 5.88. The average Bonchev–Trinajstić information content (AvgIpc) is 3.49. The number of ether oxygens (including phenoxy) is 4. The maximum Gasteiger partial charge on any atom is 0.415 e. The number of carbonyl (C=O) groups is 2. The molecule has 0 N–H and O–H groups in total. The highest BCUT2D eigenvalue weighted by atomic mass is 16.6. The molecule has 1 atom stereocenters. The van der Waals surface area contributed by atoms with Crippen LogP contribution in [0.4, 0.5) is 15.4 Å². The van der Waals surface area contributed by atoms with Gasteiger partial charge in [-0.1, -0.05) is 5.92 Å². The summed E-state index contributed by atoms with van der Waals surface area (Å²) in [6.45, 7) is 11.4. The van der Waals surface area contributed by atoms with Gasteiger partial charge in [-0.3, -0.25) is 4.90 Å². The minimum atomic E-state index is -0.752. The van der Waals surface area contributed by atoms with Crippen LogP contribution >= 0.6 is 0 Å². The van der Waals surface area contributed by atoms with Crippen molar-refractivity contribution in [2.75, 3.05) is 39.3 Å². The second kappa shape index (κ2) is 11.8. The molecule has 0 radical (unpaired) electrons. The van der Waals surface area contributed by atoms with Crippen LogP contribution in [0.2, 0.25) is 0 Å². The summed E-state index contributed by atoms with van der Waals surface area (Å²) in [6.07, 6.45) is -0.540. The van der Waals surface area contributed by atoms with Crippen LogP contribution in [0.3, 0.4) is 0 Å². The second-order valence-electron chi connectivity index (χ2n) is 11.4. The summed E-state index contributed by atoms with van der Waals surface area (Å²) >= 11 is 0. The van der Waals surface area contributed by atoms with E-state index in [1.807, 2.05) is 20.8 Å². The molecule has 1 aliphatic rings. The van der Waals surface area contributed by atoms with Crippen molar-refractivity contribution < 1.29 is 28.5 Å². The summed E-state index contributed by atoms with van der Waals surface area (Å²) in [4.78, 5) is 28.6. The third kappa shape index (κ3) is 7.38. The summed E-state index contributed by atoms with van der Waals surface area (Å²) in [6, 6.07) is 7.04. The Morgan fingerprint density at radius 1 is 1.00 bits per heavy atom. The van der Waals surface area contributed by atoms with Gasteiger partial charge in [0, 0.05) is 31.8 Å². The van der Waals surface area contributed by atoms with Crippen LogP contribution in [-0.4, -0.2) is 72.4 Å². The SMILES string of the molecule is COc1cc(C#Cc2nn(C3CCN(C(=O)OC(C)(C)C)C3)c(N(C)C(=O)OC(C)(C)C)c2C#N)cc(OC)c1. The van der Waals surface area contributed by atoms with Crippen molar-refractivity contribution in [3.8, 4) is 29.4 Å². The van der Waals surface area contributed by atoms with Crippen LogP contribution in [-0.2, 0) is 9.47 Å². The number of nitrogens with zero attached hydrogens (tertiary/aromatic N) is 5. The van der Waals surface area contributed by atoms with Gasteiger partial charge in [0.2, 0.25) is 0 Å². The summed E-state index contributed by atoms with van der Waals surface area (Å²) in [5, 5.41) is 14.8. The van der Waals surface area contributed by atoms with Crippen molar-refractivity contribution in [1.82, 2.24) is 14.7 Å². The molecule has 1 aromatic heterocycles. The van der Waals surface area contributed by atoms with Gasteiger partial charge in [-0.2, -0.15) is 10.4 Å². The molecule has 1 saturated heterocycles. The van der Waals surface area contributed by atoms with Gasteiger partial charge in [-0.25, -0.2) is 14.3 Å². The summed E-state index contributed by atoms with van der Waals surface area (Å²) < 4.78 is 23.3. The van der Waals surface area contributed by atoms with Gasteiger partial charge in [-0.05, 0) is 66.0 Å². The minimum absolute atomic E-state index is 0.117. The van der Waals surface area contributed by atoms with E-state index in [0.717, 1.165) is 0 Å². The fourth-order valence-corrected chi connectivity index (χ4v) is 4.05. The molecule has 2 aromatic rings. The molecule has 1 unspecified atom stereocenters. The van der Waals surface area contributed by atoms with Crippen molar-refractivity contribution in [2.24, 2.45) is 0 Å². The Kier molecular flexibility index (Phi) is 8.89. The van der Waals surface area contributed by atoms with Crippen LogP contribution in [0.25, 0.3) is 0 Å². The van der Waals surface area contributed by atoms with Crippen molar-refractivity contribution >= 4 is 18.0 Å². The number of nitriles is 1. The number of hydrogen-bond donors (Lipinski definition) is 0. The molecule has 0 spiro atoms. The Labute approximate surface area is 235 Å². The number of hydrogen-bond acceptors (Lipinski definition) is 8. The van der Waals surface area contributed by atoms with E-state index in [1.54, 1.807) is 62.8 Å². The van der Waals surface area contributed by atoms with Crippen LogP contribution < -0.4 is 14.4 Å². The molecular formula is C29H37N5O6. The standard InChI is InChI=1S/C29H37N5O6/c1-28(2,3)39-26(35)32(7)25-23(17-30)24(11-10-19-14-21(37-8)16-22(15-19)38-9)31-34(25)20-12-13-33(18-20)27(36)40-29(4,5)6/h14-16,20H,12-13,18H2,1-9H3. The first-order chi connectivity index (χ1) is 18.7. The smallest absolute Gasteiger partial charge is 0.415 e. The second-order valence-corrected chi connectivity index (χ2v) is 11.4. The molecule has 0 bridgehead atoms. The number of amides is 2. The number of methoxy groups -OCH3 is 2. The fraction of sp³-hybridized carbons (Fsp3) is 0.517. The van der Waals surface area contributed by atoms with Crippen LogP contribution in [0.5, 0.6) is 11.5 Å². The fourth-order valence-electron chi connectivity index (χ4n) is 4.05.